The fourth-order valence-electron chi connectivity index (χ4n) is 3.25. The van der Waals surface area contributed by atoms with E-state index in [9.17, 15) is 0 Å². The van der Waals surface area contributed by atoms with Crippen molar-refractivity contribution in [2.45, 2.75) is 19.8 Å². The van der Waals surface area contributed by atoms with Gasteiger partial charge < -0.3 is 0 Å². The Morgan fingerprint density at radius 1 is 0.522 bits per heavy atom. The molecule has 0 aromatic heterocycles. The molecule has 0 aliphatic rings. The normalized spacial score (nSPS) is 11.2. The predicted molar refractivity (Wildman–Crippen MR) is 100 cm³/mol. The first kappa shape index (κ1) is 14.0. The Kier molecular flexibility index (Phi) is 3.59. The van der Waals surface area contributed by atoms with Gasteiger partial charge in [-0.05, 0) is 52.4 Å². The van der Waals surface area contributed by atoms with Crippen molar-refractivity contribution in [1.29, 1.82) is 0 Å². The summed E-state index contributed by atoms with van der Waals surface area (Å²) in [5.41, 5.74) is 4.14. The van der Waals surface area contributed by atoms with Crippen LogP contribution in [0.5, 0.6) is 0 Å². The van der Waals surface area contributed by atoms with Gasteiger partial charge in [-0.15, -0.1) is 0 Å². The van der Waals surface area contributed by atoms with Gasteiger partial charge in [-0.2, -0.15) is 0 Å². The molecule has 0 bridgehead atoms. The first-order valence-electron chi connectivity index (χ1n) is 8.25. The number of hydrogen-bond donors (Lipinski definition) is 0. The topological polar surface area (TPSA) is 0 Å². The van der Waals surface area contributed by atoms with E-state index in [1.54, 1.807) is 0 Å². The number of benzene rings is 4. The van der Waals surface area contributed by atoms with Crippen LogP contribution in [0, 0.1) is 6.92 Å². The van der Waals surface area contributed by atoms with Crippen molar-refractivity contribution in [2.75, 3.05) is 0 Å². The van der Waals surface area contributed by atoms with Crippen LogP contribution in [-0.4, -0.2) is 0 Å². The molecule has 23 heavy (non-hydrogen) atoms. The van der Waals surface area contributed by atoms with E-state index in [4.69, 9.17) is 0 Å². The van der Waals surface area contributed by atoms with Crippen LogP contribution < -0.4 is 0 Å². The molecular weight excluding hydrogens is 276 g/mol. The zero-order chi connectivity index (χ0) is 15.6. The van der Waals surface area contributed by atoms with Crippen LogP contribution in [0.25, 0.3) is 21.5 Å². The van der Waals surface area contributed by atoms with Gasteiger partial charge in [0.1, 0.15) is 0 Å². The number of aryl methyl sites for hydroxylation is 3. The number of fused-ring (bicyclic) bond motifs is 2. The van der Waals surface area contributed by atoms with Crippen LogP contribution in [0.3, 0.4) is 0 Å². The fourth-order valence-corrected chi connectivity index (χ4v) is 3.25. The number of rotatable bonds is 3. The molecule has 0 fully saturated rings. The second-order valence-corrected chi connectivity index (χ2v) is 6.37. The molecule has 0 N–H and O–H groups in total. The summed E-state index contributed by atoms with van der Waals surface area (Å²) in [6.45, 7) is 2.15. The van der Waals surface area contributed by atoms with Crippen LogP contribution in [0.4, 0.5) is 0 Å². The van der Waals surface area contributed by atoms with E-state index in [0.29, 0.717) is 0 Å². The zero-order valence-corrected chi connectivity index (χ0v) is 13.4. The third-order valence-corrected chi connectivity index (χ3v) is 4.58. The fraction of sp³-hybridized carbons (Fsp3) is 0.130. The van der Waals surface area contributed by atoms with Crippen molar-refractivity contribution in [3.8, 4) is 0 Å². The van der Waals surface area contributed by atoms with E-state index < -0.39 is 0 Å². The Hall–Kier alpha value is -2.60. The molecule has 0 amide bonds. The maximum atomic E-state index is 2.33. The van der Waals surface area contributed by atoms with Gasteiger partial charge in [-0.1, -0.05) is 84.4 Å². The Balaban J connectivity index is 1.56. The Labute approximate surface area is 137 Å². The molecule has 0 atom stereocenters. The maximum absolute atomic E-state index is 2.33. The highest BCUT2D eigenvalue weighted by atomic mass is 14.1. The molecule has 0 radical (unpaired) electrons. The third kappa shape index (κ3) is 2.98. The zero-order valence-electron chi connectivity index (χ0n) is 13.4. The van der Waals surface area contributed by atoms with Crippen LogP contribution in [0.2, 0.25) is 0 Å². The van der Waals surface area contributed by atoms with Crippen LogP contribution in [0.15, 0.2) is 78.9 Å². The smallest absolute Gasteiger partial charge is 0.0181 e. The highest BCUT2D eigenvalue weighted by Gasteiger charge is 2.00. The summed E-state index contributed by atoms with van der Waals surface area (Å²) in [6.07, 6.45) is 2.17. The summed E-state index contributed by atoms with van der Waals surface area (Å²) in [5, 5.41) is 5.32. The van der Waals surface area contributed by atoms with Crippen LogP contribution in [-0.2, 0) is 12.8 Å². The molecule has 0 nitrogen and oxygen atoms in total. The van der Waals surface area contributed by atoms with Gasteiger partial charge in [-0.3, -0.25) is 0 Å². The second kappa shape index (κ2) is 5.89. The summed E-state index contributed by atoms with van der Waals surface area (Å²) in [5.74, 6) is 0. The van der Waals surface area contributed by atoms with E-state index in [2.05, 4.69) is 85.8 Å². The lowest BCUT2D eigenvalue weighted by Crippen LogP contribution is -1.91. The molecule has 4 rings (SSSR count). The van der Waals surface area contributed by atoms with E-state index in [1.807, 2.05) is 0 Å². The lowest BCUT2D eigenvalue weighted by Gasteiger charge is -2.06. The SMILES string of the molecule is Cc1ccc2cc(CCc3ccc4ccccc4c3)ccc2c1. The summed E-state index contributed by atoms with van der Waals surface area (Å²) in [6, 6.07) is 28.9. The average molecular weight is 296 g/mol. The minimum Gasteiger partial charge on any atom is -0.0616 e. The Morgan fingerprint density at radius 3 is 1.78 bits per heavy atom. The van der Waals surface area contributed by atoms with Crippen molar-refractivity contribution < 1.29 is 0 Å². The molecule has 0 spiro atoms. The molecule has 0 saturated heterocycles. The molecule has 0 heterocycles. The van der Waals surface area contributed by atoms with Crippen molar-refractivity contribution >= 4 is 21.5 Å². The van der Waals surface area contributed by atoms with E-state index in [0.717, 1.165) is 12.8 Å². The number of hydrogen-bond acceptors (Lipinski definition) is 0. The summed E-state index contributed by atoms with van der Waals surface area (Å²) in [7, 11) is 0. The van der Waals surface area contributed by atoms with Crippen molar-refractivity contribution in [1.82, 2.24) is 0 Å². The summed E-state index contributed by atoms with van der Waals surface area (Å²) >= 11 is 0. The standard InChI is InChI=1S/C23H20/c1-17-6-11-23-16-19(10-13-22(23)14-17)8-7-18-9-12-20-4-2-3-5-21(20)15-18/h2-6,9-16H,7-8H2,1H3. The van der Waals surface area contributed by atoms with Gasteiger partial charge in [0.25, 0.3) is 0 Å². The molecule has 0 saturated carbocycles. The van der Waals surface area contributed by atoms with E-state index >= 15 is 0 Å². The molecule has 0 aliphatic heterocycles. The molecule has 0 aliphatic carbocycles. The predicted octanol–water partition coefficient (Wildman–Crippen LogP) is 6.09. The lowest BCUT2D eigenvalue weighted by atomic mass is 9.99. The van der Waals surface area contributed by atoms with Crippen molar-refractivity contribution in [3.05, 3.63) is 95.6 Å². The highest BCUT2D eigenvalue weighted by molar-refractivity contribution is 5.84. The largest absolute Gasteiger partial charge is 0.0616 e. The lowest BCUT2D eigenvalue weighted by molar-refractivity contribution is 0.964. The van der Waals surface area contributed by atoms with Crippen LogP contribution in [0.1, 0.15) is 16.7 Å². The Morgan fingerprint density at radius 2 is 1.04 bits per heavy atom. The van der Waals surface area contributed by atoms with E-state index in [-0.39, 0.29) is 0 Å². The minimum absolute atomic E-state index is 1.09. The Bertz CT molecular complexity index is 979. The first-order chi connectivity index (χ1) is 11.3. The highest BCUT2D eigenvalue weighted by Crippen LogP contribution is 2.20. The van der Waals surface area contributed by atoms with Crippen LogP contribution >= 0.6 is 0 Å². The average Bonchev–Trinajstić information content (AvgIpc) is 2.59. The van der Waals surface area contributed by atoms with Gasteiger partial charge in [0.2, 0.25) is 0 Å². The van der Waals surface area contributed by atoms with Gasteiger partial charge in [0, 0.05) is 0 Å². The first-order valence-corrected chi connectivity index (χ1v) is 8.25. The molecule has 0 heteroatoms. The van der Waals surface area contributed by atoms with Gasteiger partial charge in [0.05, 0.1) is 0 Å². The van der Waals surface area contributed by atoms with Crippen molar-refractivity contribution in [2.24, 2.45) is 0 Å². The van der Waals surface area contributed by atoms with Gasteiger partial charge in [0.15, 0.2) is 0 Å². The summed E-state index contributed by atoms with van der Waals surface area (Å²) in [4.78, 5) is 0. The van der Waals surface area contributed by atoms with E-state index in [1.165, 1.54) is 38.2 Å². The third-order valence-electron chi connectivity index (χ3n) is 4.58. The van der Waals surface area contributed by atoms with Gasteiger partial charge in [-0.25, -0.2) is 0 Å². The minimum atomic E-state index is 1.09. The molecular formula is C23H20. The molecule has 0 unspecified atom stereocenters. The quantitative estimate of drug-likeness (QED) is 0.429. The van der Waals surface area contributed by atoms with Crippen molar-refractivity contribution in [3.63, 3.8) is 0 Å². The molecule has 4 aromatic rings. The molecule has 112 valence electrons. The van der Waals surface area contributed by atoms with Gasteiger partial charge >= 0.3 is 0 Å². The molecule has 4 aromatic carbocycles. The monoisotopic (exact) mass is 296 g/mol. The second-order valence-electron chi connectivity index (χ2n) is 6.37. The maximum Gasteiger partial charge on any atom is -0.0181 e. The summed E-state index contributed by atoms with van der Waals surface area (Å²) < 4.78 is 0.